The molecule has 0 amide bonds. The molecular formula is C29H52O. The Morgan fingerprint density at radius 3 is 1.40 bits per heavy atom. The molecule has 0 aliphatic heterocycles. The van der Waals surface area contributed by atoms with Crippen LogP contribution in [-0.2, 0) is 19.3 Å². The molecule has 0 spiro atoms. The quantitative estimate of drug-likeness (QED) is 0.210. The number of aryl methyl sites for hydroxylation is 1. The van der Waals surface area contributed by atoms with Crippen LogP contribution in [-0.4, -0.2) is 5.11 Å². The topological polar surface area (TPSA) is 20.2 Å². The van der Waals surface area contributed by atoms with Crippen molar-refractivity contribution in [1.82, 2.24) is 0 Å². The molecular weight excluding hydrogens is 364 g/mol. The van der Waals surface area contributed by atoms with Gasteiger partial charge in [-0.05, 0) is 61.3 Å². The molecule has 1 N–H and O–H groups in total. The zero-order valence-corrected chi connectivity index (χ0v) is 20.7. The number of benzene rings is 1. The van der Waals surface area contributed by atoms with Crippen molar-refractivity contribution in [3.8, 4) is 5.75 Å². The molecule has 0 atom stereocenters. The maximum atomic E-state index is 10.6. The lowest BCUT2D eigenvalue weighted by molar-refractivity contribution is 0.463. The Balaban J connectivity index is 2.55. The molecule has 0 bridgehead atoms. The van der Waals surface area contributed by atoms with Crippen molar-refractivity contribution >= 4 is 0 Å². The van der Waals surface area contributed by atoms with Crippen molar-refractivity contribution in [2.45, 2.75) is 149 Å². The number of unbranched alkanes of at least 4 members (excludes halogenated alkanes) is 14. The molecule has 0 fully saturated rings. The monoisotopic (exact) mass is 416 g/mol. The molecule has 0 saturated heterocycles. The first-order valence-electron chi connectivity index (χ1n) is 13.6. The molecule has 30 heavy (non-hydrogen) atoms. The Labute approximate surface area is 189 Å². The summed E-state index contributed by atoms with van der Waals surface area (Å²) >= 11 is 0. The van der Waals surface area contributed by atoms with Gasteiger partial charge in [-0.15, -0.1) is 0 Å². The third kappa shape index (κ3) is 12.0. The fraction of sp³-hybridized carbons (Fsp3) is 0.793. The van der Waals surface area contributed by atoms with E-state index in [2.05, 4.69) is 26.8 Å². The van der Waals surface area contributed by atoms with E-state index in [9.17, 15) is 5.11 Å². The predicted molar refractivity (Wildman–Crippen MR) is 135 cm³/mol. The number of phenols is 1. The fourth-order valence-electron chi connectivity index (χ4n) is 4.62. The highest BCUT2D eigenvalue weighted by atomic mass is 16.3. The van der Waals surface area contributed by atoms with Crippen LogP contribution in [0, 0.1) is 0 Å². The van der Waals surface area contributed by atoms with E-state index in [0.717, 1.165) is 12.8 Å². The minimum atomic E-state index is 0.552. The molecule has 1 aromatic carbocycles. The van der Waals surface area contributed by atoms with Crippen LogP contribution in [0.15, 0.2) is 12.1 Å². The normalized spacial score (nSPS) is 11.3. The molecule has 0 radical (unpaired) electrons. The van der Waals surface area contributed by atoms with E-state index in [1.807, 2.05) is 6.07 Å². The van der Waals surface area contributed by atoms with Crippen molar-refractivity contribution in [3.05, 3.63) is 28.8 Å². The highest BCUT2D eigenvalue weighted by molar-refractivity contribution is 5.45. The third-order valence-electron chi connectivity index (χ3n) is 6.61. The molecule has 0 aliphatic carbocycles. The Kier molecular flexibility index (Phi) is 16.9. The van der Waals surface area contributed by atoms with Gasteiger partial charge in [0.15, 0.2) is 0 Å². The van der Waals surface area contributed by atoms with Crippen LogP contribution in [0.3, 0.4) is 0 Å². The Hall–Kier alpha value is -0.980. The second-order valence-electron chi connectivity index (χ2n) is 9.40. The molecule has 1 aromatic rings. The summed E-state index contributed by atoms with van der Waals surface area (Å²) in [5.41, 5.74) is 4.29. The lowest BCUT2D eigenvalue weighted by atomic mass is 9.89. The van der Waals surface area contributed by atoms with Gasteiger partial charge in [0, 0.05) is 0 Å². The average Bonchev–Trinajstić information content (AvgIpc) is 2.75. The van der Waals surface area contributed by atoms with Crippen LogP contribution in [0.2, 0.25) is 0 Å². The van der Waals surface area contributed by atoms with Gasteiger partial charge in [0.1, 0.15) is 5.75 Å². The van der Waals surface area contributed by atoms with Gasteiger partial charge in [-0.1, -0.05) is 117 Å². The number of rotatable bonds is 20. The zero-order valence-electron chi connectivity index (χ0n) is 20.7. The molecule has 0 aliphatic rings. The van der Waals surface area contributed by atoms with E-state index in [1.54, 1.807) is 0 Å². The summed E-state index contributed by atoms with van der Waals surface area (Å²) in [4.78, 5) is 0. The summed E-state index contributed by atoms with van der Waals surface area (Å²) < 4.78 is 0. The smallest absolute Gasteiger partial charge is 0.119 e. The summed E-state index contributed by atoms with van der Waals surface area (Å²) in [6.07, 6.45) is 26.2. The van der Waals surface area contributed by atoms with Gasteiger partial charge in [0.2, 0.25) is 0 Å². The Bertz CT molecular complexity index is 519. The second-order valence-corrected chi connectivity index (χ2v) is 9.40. The summed E-state index contributed by atoms with van der Waals surface area (Å²) in [5.74, 6) is 0.552. The van der Waals surface area contributed by atoms with Crippen LogP contribution >= 0.6 is 0 Å². The molecule has 0 saturated carbocycles. The summed E-state index contributed by atoms with van der Waals surface area (Å²) in [6, 6.07) is 4.18. The largest absolute Gasteiger partial charge is 0.508 e. The Morgan fingerprint density at radius 1 is 0.467 bits per heavy atom. The third-order valence-corrected chi connectivity index (χ3v) is 6.61. The number of hydrogen-bond donors (Lipinski definition) is 1. The molecule has 0 heterocycles. The minimum Gasteiger partial charge on any atom is -0.508 e. The van der Waals surface area contributed by atoms with Crippen LogP contribution in [0.25, 0.3) is 0 Å². The van der Waals surface area contributed by atoms with Gasteiger partial charge in [-0.2, -0.15) is 0 Å². The Morgan fingerprint density at radius 2 is 0.900 bits per heavy atom. The highest BCUT2D eigenvalue weighted by Crippen LogP contribution is 2.29. The average molecular weight is 417 g/mol. The van der Waals surface area contributed by atoms with Crippen molar-refractivity contribution in [2.24, 2.45) is 0 Å². The van der Waals surface area contributed by atoms with Gasteiger partial charge < -0.3 is 5.11 Å². The molecule has 1 rings (SSSR count). The van der Waals surface area contributed by atoms with E-state index >= 15 is 0 Å². The van der Waals surface area contributed by atoms with Crippen molar-refractivity contribution in [1.29, 1.82) is 0 Å². The zero-order chi connectivity index (χ0) is 21.9. The molecule has 1 heteroatoms. The van der Waals surface area contributed by atoms with E-state index in [-0.39, 0.29) is 0 Å². The fourth-order valence-corrected chi connectivity index (χ4v) is 4.62. The van der Waals surface area contributed by atoms with Gasteiger partial charge >= 0.3 is 0 Å². The first-order chi connectivity index (χ1) is 14.7. The second kappa shape index (κ2) is 18.8. The van der Waals surface area contributed by atoms with E-state index < -0.39 is 0 Å². The van der Waals surface area contributed by atoms with Crippen LogP contribution in [0.4, 0.5) is 0 Å². The van der Waals surface area contributed by atoms with E-state index in [0.29, 0.717) is 5.75 Å². The highest BCUT2D eigenvalue weighted by Gasteiger charge is 2.13. The standard InChI is InChI=1S/C29H52O/c1-4-7-10-12-14-16-18-20-23-28-27(22-19-17-15-13-11-8-5-2)26(21-9-6-3)24-25-29(28)30/h24-25,30H,4-23H2,1-3H3. The SMILES string of the molecule is CCCCCCCCCCc1c(O)ccc(CCCC)c1CCCCCCCCC. The first kappa shape index (κ1) is 27.1. The van der Waals surface area contributed by atoms with Crippen molar-refractivity contribution in [2.75, 3.05) is 0 Å². The van der Waals surface area contributed by atoms with Crippen molar-refractivity contribution in [3.63, 3.8) is 0 Å². The van der Waals surface area contributed by atoms with Gasteiger partial charge in [0.05, 0.1) is 0 Å². The lowest BCUT2D eigenvalue weighted by Gasteiger charge is -2.17. The molecule has 174 valence electrons. The number of aromatic hydroxyl groups is 1. The number of phenolic OH excluding ortho intramolecular Hbond substituents is 1. The minimum absolute atomic E-state index is 0.552. The maximum absolute atomic E-state index is 10.6. The van der Waals surface area contributed by atoms with E-state index in [1.165, 1.54) is 132 Å². The maximum Gasteiger partial charge on any atom is 0.119 e. The summed E-state index contributed by atoms with van der Waals surface area (Å²) in [5, 5.41) is 10.6. The number of hydrogen-bond acceptors (Lipinski definition) is 1. The van der Waals surface area contributed by atoms with Crippen LogP contribution < -0.4 is 0 Å². The first-order valence-corrected chi connectivity index (χ1v) is 13.6. The van der Waals surface area contributed by atoms with Gasteiger partial charge in [-0.25, -0.2) is 0 Å². The van der Waals surface area contributed by atoms with Gasteiger partial charge in [-0.3, -0.25) is 0 Å². The molecule has 1 nitrogen and oxygen atoms in total. The van der Waals surface area contributed by atoms with Crippen molar-refractivity contribution < 1.29 is 5.11 Å². The molecule has 0 aromatic heterocycles. The van der Waals surface area contributed by atoms with E-state index in [4.69, 9.17) is 0 Å². The van der Waals surface area contributed by atoms with Crippen LogP contribution in [0.5, 0.6) is 5.75 Å². The molecule has 0 unspecified atom stereocenters. The summed E-state index contributed by atoms with van der Waals surface area (Å²) in [7, 11) is 0. The lowest BCUT2D eigenvalue weighted by Crippen LogP contribution is -2.02. The van der Waals surface area contributed by atoms with Gasteiger partial charge in [0.25, 0.3) is 0 Å². The summed E-state index contributed by atoms with van der Waals surface area (Å²) in [6.45, 7) is 6.84. The van der Waals surface area contributed by atoms with Crippen LogP contribution in [0.1, 0.15) is 147 Å². The predicted octanol–water partition coefficient (Wildman–Crippen LogP) is 9.71.